The van der Waals surface area contributed by atoms with E-state index in [1.807, 2.05) is 24.0 Å². The third-order valence-electron chi connectivity index (χ3n) is 5.17. The second kappa shape index (κ2) is 11.2. The number of carbonyl (C=O) groups is 2. The lowest BCUT2D eigenvalue weighted by Gasteiger charge is -2.36. The molecular weight excluding hydrogens is 507 g/mol. The van der Waals surface area contributed by atoms with Crippen LogP contribution >= 0.6 is 47.0 Å². The third kappa shape index (κ3) is 6.20. The van der Waals surface area contributed by atoms with Gasteiger partial charge in [-0.15, -0.1) is 0 Å². The molecule has 2 N–H and O–H groups in total. The van der Waals surface area contributed by atoms with Gasteiger partial charge in [-0.2, -0.15) is 0 Å². The number of hydrogen-bond acceptors (Lipinski definition) is 5. The molecule has 0 saturated carbocycles. The number of nitrogens with one attached hydrogen (secondary N) is 2. The summed E-state index contributed by atoms with van der Waals surface area (Å²) in [6.45, 7) is 4.61. The summed E-state index contributed by atoms with van der Waals surface area (Å²) >= 11 is 23.9. The fourth-order valence-electron chi connectivity index (χ4n) is 3.49. The molecule has 7 nitrogen and oxygen atoms in total. The highest BCUT2D eigenvalue weighted by Crippen LogP contribution is 2.34. The van der Waals surface area contributed by atoms with Gasteiger partial charge in [0.1, 0.15) is 0 Å². The number of benzene rings is 2. The Hall–Kier alpha value is -2.26. The average Bonchev–Trinajstić information content (AvgIpc) is 2.78. The fraction of sp³-hybridized carbons (Fsp3) is 0.318. The summed E-state index contributed by atoms with van der Waals surface area (Å²) in [7, 11) is 1.44. The molecule has 1 fully saturated rings. The zero-order valence-corrected chi connectivity index (χ0v) is 21.2. The number of carbonyl (C=O) groups excluding carboxylic acids is 2. The first-order chi connectivity index (χ1) is 15.7. The van der Waals surface area contributed by atoms with Crippen molar-refractivity contribution in [3.8, 4) is 5.75 Å². The molecule has 1 aliphatic rings. The number of thiocarbonyl (C=S) groups is 1. The SMILES string of the molecule is CCC(=O)N1CCN(c2ccc(NC(=S)NC(=O)c3cc(Cl)c(OC)c(Cl)c3)cc2Cl)CC1. The van der Waals surface area contributed by atoms with Crippen LogP contribution in [0.4, 0.5) is 11.4 Å². The predicted molar refractivity (Wildman–Crippen MR) is 137 cm³/mol. The van der Waals surface area contributed by atoms with Crippen LogP contribution in [0.5, 0.6) is 5.75 Å². The van der Waals surface area contributed by atoms with Gasteiger partial charge in [0.15, 0.2) is 10.9 Å². The molecule has 0 aromatic heterocycles. The van der Waals surface area contributed by atoms with E-state index in [2.05, 4.69) is 15.5 Å². The van der Waals surface area contributed by atoms with Crippen molar-refractivity contribution in [1.82, 2.24) is 10.2 Å². The van der Waals surface area contributed by atoms with Gasteiger partial charge in [-0.25, -0.2) is 0 Å². The zero-order chi connectivity index (χ0) is 24.1. The smallest absolute Gasteiger partial charge is 0.257 e. The highest BCUT2D eigenvalue weighted by atomic mass is 35.5. The standard InChI is InChI=1S/C22H23Cl3N4O3S/c1-3-19(30)29-8-6-28(7-9-29)18-5-4-14(12-15(18)23)26-22(33)27-21(31)13-10-16(24)20(32-2)17(25)11-13/h4-5,10-12H,3,6-9H2,1-2H3,(H2,26,27,31,33). The molecule has 176 valence electrons. The number of anilines is 2. The second-order valence-electron chi connectivity index (χ2n) is 7.27. The van der Waals surface area contributed by atoms with Crippen molar-refractivity contribution >= 4 is 75.3 Å². The van der Waals surface area contributed by atoms with Crippen LogP contribution in [0, 0.1) is 0 Å². The van der Waals surface area contributed by atoms with Crippen LogP contribution in [0.25, 0.3) is 0 Å². The number of halogens is 3. The molecular formula is C22H23Cl3N4O3S. The molecule has 0 spiro atoms. The van der Waals surface area contributed by atoms with Crippen LogP contribution in [0.2, 0.25) is 15.1 Å². The van der Waals surface area contributed by atoms with E-state index in [0.717, 1.165) is 5.69 Å². The van der Waals surface area contributed by atoms with Gasteiger partial charge in [0.2, 0.25) is 5.91 Å². The van der Waals surface area contributed by atoms with Gasteiger partial charge in [0, 0.05) is 43.9 Å². The molecule has 0 unspecified atom stereocenters. The van der Waals surface area contributed by atoms with Crippen LogP contribution in [0.3, 0.4) is 0 Å². The molecule has 2 aromatic rings. The van der Waals surface area contributed by atoms with E-state index >= 15 is 0 Å². The van der Waals surface area contributed by atoms with E-state index in [9.17, 15) is 9.59 Å². The average molecular weight is 530 g/mol. The normalized spacial score (nSPS) is 13.5. The van der Waals surface area contributed by atoms with Crippen LogP contribution in [0.1, 0.15) is 23.7 Å². The number of amides is 2. The quantitative estimate of drug-likeness (QED) is 0.540. The highest BCUT2D eigenvalue weighted by molar-refractivity contribution is 7.80. The van der Waals surface area contributed by atoms with Crippen molar-refractivity contribution < 1.29 is 14.3 Å². The number of nitrogens with zero attached hydrogens (tertiary/aromatic N) is 2. The molecule has 2 amide bonds. The van der Waals surface area contributed by atoms with E-state index in [0.29, 0.717) is 49.1 Å². The van der Waals surface area contributed by atoms with Gasteiger partial charge >= 0.3 is 0 Å². The molecule has 0 bridgehead atoms. The number of methoxy groups -OCH3 is 1. The Balaban J connectivity index is 1.60. The van der Waals surface area contributed by atoms with Crippen molar-refractivity contribution in [2.45, 2.75) is 13.3 Å². The van der Waals surface area contributed by atoms with Gasteiger partial charge in [0.25, 0.3) is 5.91 Å². The predicted octanol–water partition coefficient (Wildman–Crippen LogP) is 4.84. The fourth-order valence-corrected chi connectivity index (χ4v) is 4.64. The first-order valence-corrected chi connectivity index (χ1v) is 11.7. The van der Waals surface area contributed by atoms with E-state index < -0.39 is 5.91 Å². The van der Waals surface area contributed by atoms with Crippen LogP contribution in [-0.2, 0) is 4.79 Å². The lowest BCUT2D eigenvalue weighted by Crippen LogP contribution is -2.48. The molecule has 0 atom stereocenters. The lowest BCUT2D eigenvalue weighted by atomic mass is 10.2. The summed E-state index contributed by atoms with van der Waals surface area (Å²) in [6, 6.07) is 8.34. The first-order valence-electron chi connectivity index (χ1n) is 10.2. The largest absolute Gasteiger partial charge is 0.494 e. The Morgan fingerprint density at radius 2 is 1.67 bits per heavy atom. The maximum atomic E-state index is 12.5. The van der Waals surface area contributed by atoms with Crippen molar-refractivity contribution in [3.05, 3.63) is 51.0 Å². The van der Waals surface area contributed by atoms with Gasteiger partial charge in [-0.05, 0) is 42.5 Å². The molecule has 1 aliphatic heterocycles. The molecule has 1 saturated heterocycles. The Bertz CT molecular complexity index is 1050. The molecule has 1 heterocycles. The van der Waals surface area contributed by atoms with Gasteiger partial charge in [-0.1, -0.05) is 41.7 Å². The zero-order valence-electron chi connectivity index (χ0n) is 18.1. The lowest BCUT2D eigenvalue weighted by molar-refractivity contribution is -0.131. The Labute approximate surface area is 212 Å². The number of rotatable bonds is 5. The van der Waals surface area contributed by atoms with Crippen molar-refractivity contribution in [1.29, 1.82) is 0 Å². The first kappa shape index (κ1) is 25.4. The summed E-state index contributed by atoms with van der Waals surface area (Å²) in [5.41, 5.74) is 1.74. The highest BCUT2D eigenvalue weighted by Gasteiger charge is 2.21. The van der Waals surface area contributed by atoms with Crippen molar-refractivity contribution in [2.24, 2.45) is 0 Å². The van der Waals surface area contributed by atoms with Crippen LogP contribution in [0.15, 0.2) is 30.3 Å². The second-order valence-corrected chi connectivity index (χ2v) is 8.90. The Morgan fingerprint density at radius 3 is 2.21 bits per heavy atom. The van der Waals surface area contributed by atoms with Crippen LogP contribution in [-0.4, -0.2) is 55.1 Å². The van der Waals surface area contributed by atoms with Crippen LogP contribution < -0.4 is 20.3 Å². The third-order valence-corrected chi connectivity index (χ3v) is 6.24. The molecule has 0 aliphatic carbocycles. The van der Waals surface area contributed by atoms with E-state index in [1.165, 1.54) is 19.2 Å². The molecule has 3 rings (SSSR count). The summed E-state index contributed by atoms with van der Waals surface area (Å²) in [5, 5.41) is 6.61. The molecule has 2 aromatic carbocycles. The van der Waals surface area contributed by atoms with E-state index in [-0.39, 0.29) is 26.6 Å². The van der Waals surface area contributed by atoms with Gasteiger partial charge in [-0.3, -0.25) is 14.9 Å². The molecule has 11 heteroatoms. The van der Waals surface area contributed by atoms with Crippen molar-refractivity contribution in [2.75, 3.05) is 43.5 Å². The maximum Gasteiger partial charge on any atom is 0.257 e. The van der Waals surface area contributed by atoms with Gasteiger partial charge < -0.3 is 19.9 Å². The minimum atomic E-state index is -0.471. The topological polar surface area (TPSA) is 73.9 Å². The minimum Gasteiger partial charge on any atom is -0.494 e. The van der Waals surface area contributed by atoms with E-state index in [4.69, 9.17) is 51.8 Å². The van der Waals surface area contributed by atoms with E-state index in [1.54, 1.807) is 6.07 Å². The number of ether oxygens (including phenoxy) is 1. The van der Waals surface area contributed by atoms with Gasteiger partial charge in [0.05, 0.1) is 27.9 Å². The Kier molecular flexibility index (Phi) is 8.64. The van der Waals surface area contributed by atoms with Crippen molar-refractivity contribution in [3.63, 3.8) is 0 Å². The number of piperazine rings is 1. The summed E-state index contributed by atoms with van der Waals surface area (Å²) < 4.78 is 5.09. The maximum absolute atomic E-state index is 12.5. The minimum absolute atomic E-state index is 0.0959. The molecule has 0 radical (unpaired) electrons. The summed E-state index contributed by atoms with van der Waals surface area (Å²) in [5.74, 6) is -0.0140. The summed E-state index contributed by atoms with van der Waals surface area (Å²) in [4.78, 5) is 28.4. The molecule has 33 heavy (non-hydrogen) atoms. The number of hydrogen-bond donors (Lipinski definition) is 2. The Morgan fingerprint density at radius 1 is 1.03 bits per heavy atom. The summed E-state index contributed by atoms with van der Waals surface area (Å²) in [6.07, 6.45) is 0.510. The monoisotopic (exact) mass is 528 g/mol.